The summed E-state index contributed by atoms with van der Waals surface area (Å²) in [6.07, 6.45) is 1.95. The zero-order valence-corrected chi connectivity index (χ0v) is 32.4. The van der Waals surface area contributed by atoms with Crippen LogP contribution in [-0.4, -0.2) is 15.1 Å². The standard InChI is InChI=1S/C50H46N4O/c1-48(2,3)37-30-31-51-47(34-37)52-43-25-14-13-24-41(43)42-29-28-39(33-46(42)52)50(35-18-9-7-10-19-35,36-20-11-8-12-21-36)38-22-17-23-40(32-38)53-44-26-15-16-27-45(44)54(55-53)49(4,5)6/h7-34H,1-6H3. The van der Waals surface area contributed by atoms with Gasteiger partial charge in [-0.3, -0.25) is 4.57 Å². The highest BCUT2D eigenvalue weighted by Gasteiger charge is 2.41. The number of fused-ring (bicyclic) bond motifs is 4. The van der Waals surface area contributed by atoms with Gasteiger partial charge in [-0.1, -0.05) is 136 Å². The van der Waals surface area contributed by atoms with Crippen molar-refractivity contribution in [3.8, 4) is 5.82 Å². The van der Waals surface area contributed by atoms with Gasteiger partial charge in [0, 0.05) is 17.0 Å². The molecule has 0 atom stereocenters. The predicted molar refractivity (Wildman–Crippen MR) is 227 cm³/mol. The molecule has 55 heavy (non-hydrogen) atoms. The fourth-order valence-electron chi connectivity index (χ4n) is 8.35. The summed E-state index contributed by atoms with van der Waals surface area (Å²) in [6, 6.07) is 59.2. The lowest BCUT2D eigenvalue weighted by Gasteiger charge is -2.37. The number of para-hydroxylation sites is 3. The summed E-state index contributed by atoms with van der Waals surface area (Å²) >= 11 is 0. The monoisotopic (exact) mass is 718 g/mol. The first-order chi connectivity index (χ1) is 26.5. The van der Waals surface area contributed by atoms with E-state index in [1.165, 1.54) is 27.5 Å². The van der Waals surface area contributed by atoms with E-state index in [-0.39, 0.29) is 11.0 Å². The largest absolute Gasteiger partial charge is 0.294 e. The number of hydroxylamine groups is 1. The van der Waals surface area contributed by atoms with Gasteiger partial charge in [0.05, 0.1) is 39.0 Å². The highest BCUT2D eigenvalue weighted by Crippen LogP contribution is 2.50. The van der Waals surface area contributed by atoms with Crippen molar-refractivity contribution in [3.05, 3.63) is 198 Å². The molecule has 0 spiro atoms. The number of anilines is 3. The van der Waals surface area contributed by atoms with Gasteiger partial charge in [0.25, 0.3) is 0 Å². The van der Waals surface area contributed by atoms with Crippen molar-refractivity contribution in [2.24, 2.45) is 0 Å². The van der Waals surface area contributed by atoms with Crippen molar-refractivity contribution in [1.29, 1.82) is 0 Å². The molecule has 1 aliphatic heterocycles. The summed E-state index contributed by atoms with van der Waals surface area (Å²) in [5, 5.41) is 6.37. The number of aromatic nitrogens is 2. The Morgan fingerprint density at radius 2 is 1.07 bits per heavy atom. The second kappa shape index (κ2) is 13.0. The molecular weight excluding hydrogens is 673 g/mol. The summed E-state index contributed by atoms with van der Waals surface area (Å²) < 4.78 is 2.34. The molecule has 0 bridgehead atoms. The van der Waals surface area contributed by atoms with E-state index in [0.29, 0.717) is 0 Å². The Labute approximate surface area is 324 Å². The van der Waals surface area contributed by atoms with E-state index in [2.05, 4.69) is 210 Å². The van der Waals surface area contributed by atoms with Crippen LogP contribution in [0.4, 0.5) is 17.1 Å². The lowest BCUT2D eigenvalue weighted by molar-refractivity contribution is 0.0842. The molecule has 2 aromatic heterocycles. The molecule has 0 saturated heterocycles. The maximum Gasteiger partial charge on any atom is 0.137 e. The lowest BCUT2D eigenvalue weighted by Crippen LogP contribution is -2.41. The number of benzene rings is 6. The minimum atomic E-state index is -0.697. The number of nitrogens with zero attached hydrogens (tertiary/aromatic N) is 4. The number of hydrogen-bond acceptors (Lipinski definition) is 4. The van der Waals surface area contributed by atoms with Crippen molar-refractivity contribution < 1.29 is 4.94 Å². The smallest absolute Gasteiger partial charge is 0.137 e. The number of hydrogen-bond donors (Lipinski definition) is 0. The van der Waals surface area contributed by atoms with Gasteiger partial charge < -0.3 is 0 Å². The van der Waals surface area contributed by atoms with Crippen LogP contribution in [0.5, 0.6) is 0 Å². The van der Waals surface area contributed by atoms with Gasteiger partial charge in [0.15, 0.2) is 0 Å². The highest BCUT2D eigenvalue weighted by molar-refractivity contribution is 6.09. The zero-order chi connectivity index (χ0) is 38.0. The highest BCUT2D eigenvalue weighted by atomic mass is 16.8. The topological polar surface area (TPSA) is 33.5 Å². The van der Waals surface area contributed by atoms with Crippen LogP contribution in [0.2, 0.25) is 0 Å². The Kier molecular flexibility index (Phi) is 8.17. The van der Waals surface area contributed by atoms with Crippen LogP contribution in [0.15, 0.2) is 170 Å². The van der Waals surface area contributed by atoms with Gasteiger partial charge >= 0.3 is 0 Å². The fraction of sp³-hybridized carbons (Fsp3) is 0.180. The van der Waals surface area contributed by atoms with Crippen molar-refractivity contribution in [2.75, 3.05) is 10.1 Å². The normalized spacial score (nSPS) is 13.5. The molecule has 0 saturated carbocycles. The van der Waals surface area contributed by atoms with Crippen LogP contribution >= 0.6 is 0 Å². The third-order valence-corrected chi connectivity index (χ3v) is 11.0. The van der Waals surface area contributed by atoms with Crippen molar-refractivity contribution in [1.82, 2.24) is 9.55 Å². The van der Waals surface area contributed by atoms with Gasteiger partial charge in [-0.25, -0.2) is 10.0 Å². The Bertz CT molecular complexity index is 2630. The number of rotatable bonds is 6. The maximum atomic E-state index is 6.71. The van der Waals surface area contributed by atoms with Crippen LogP contribution in [0, 0.1) is 0 Å². The molecular formula is C50H46N4O. The quantitative estimate of drug-likeness (QED) is 0.160. The van der Waals surface area contributed by atoms with Gasteiger partial charge in [0.2, 0.25) is 0 Å². The molecule has 0 amide bonds. The van der Waals surface area contributed by atoms with E-state index < -0.39 is 5.41 Å². The van der Waals surface area contributed by atoms with Crippen LogP contribution in [-0.2, 0) is 15.8 Å². The molecule has 0 radical (unpaired) electrons. The summed E-state index contributed by atoms with van der Waals surface area (Å²) in [5.74, 6) is 0.913. The minimum Gasteiger partial charge on any atom is -0.294 e. The molecule has 0 N–H and O–H groups in total. The van der Waals surface area contributed by atoms with Crippen molar-refractivity contribution >= 4 is 38.9 Å². The van der Waals surface area contributed by atoms with E-state index in [1.54, 1.807) is 0 Å². The third kappa shape index (κ3) is 5.69. The molecule has 0 aliphatic carbocycles. The van der Waals surface area contributed by atoms with Crippen LogP contribution in [0.1, 0.15) is 69.4 Å². The second-order valence-electron chi connectivity index (χ2n) is 16.6. The maximum absolute atomic E-state index is 6.71. The SMILES string of the molecule is CC(C)(C)c1ccnc(-n2c3ccccc3c3ccc(C(c4ccccc4)(c4ccccc4)c4cccc(N5ON(C(C)(C)C)c6ccccc65)c4)cc32)c1. The van der Waals surface area contributed by atoms with Crippen LogP contribution in [0.25, 0.3) is 27.6 Å². The zero-order valence-electron chi connectivity index (χ0n) is 32.4. The molecule has 6 aromatic carbocycles. The molecule has 3 heterocycles. The molecule has 9 rings (SSSR count). The molecule has 5 nitrogen and oxygen atoms in total. The van der Waals surface area contributed by atoms with E-state index in [9.17, 15) is 0 Å². The Balaban J connectivity index is 1.33. The van der Waals surface area contributed by atoms with Crippen molar-refractivity contribution in [3.63, 3.8) is 0 Å². The van der Waals surface area contributed by atoms with Gasteiger partial charge in [-0.2, -0.15) is 5.06 Å². The molecule has 0 unspecified atom stereocenters. The average molecular weight is 719 g/mol. The first-order valence-corrected chi connectivity index (χ1v) is 19.1. The predicted octanol–water partition coefficient (Wildman–Crippen LogP) is 12.5. The minimum absolute atomic E-state index is 0.0219. The summed E-state index contributed by atoms with van der Waals surface area (Å²) in [4.78, 5) is 11.7. The van der Waals surface area contributed by atoms with E-state index in [4.69, 9.17) is 9.92 Å². The molecule has 1 aliphatic rings. The van der Waals surface area contributed by atoms with Crippen LogP contribution < -0.4 is 10.1 Å². The van der Waals surface area contributed by atoms with E-state index in [1.807, 2.05) is 16.3 Å². The lowest BCUT2D eigenvalue weighted by atomic mass is 9.65. The molecule has 272 valence electrons. The molecule has 8 aromatic rings. The molecule has 5 heteroatoms. The summed E-state index contributed by atoms with van der Waals surface area (Å²) in [7, 11) is 0. The fourth-order valence-corrected chi connectivity index (χ4v) is 8.35. The Morgan fingerprint density at radius 1 is 0.473 bits per heavy atom. The first kappa shape index (κ1) is 34.6. The Hall–Kier alpha value is -6.17. The summed E-state index contributed by atoms with van der Waals surface area (Å²) in [5.41, 5.74) is 10.2. The first-order valence-electron chi connectivity index (χ1n) is 19.1. The van der Waals surface area contributed by atoms with Crippen LogP contribution in [0.3, 0.4) is 0 Å². The van der Waals surface area contributed by atoms with Gasteiger partial charge in [-0.15, -0.1) is 4.94 Å². The third-order valence-electron chi connectivity index (χ3n) is 11.0. The van der Waals surface area contributed by atoms with E-state index in [0.717, 1.165) is 45.0 Å². The van der Waals surface area contributed by atoms with Crippen molar-refractivity contribution in [2.45, 2.75) is 57.9 Å². The number of pyridine rings is 1. The van der Waals surface area contributed by atoms with Gasteiger partial charge in [-0.05, 0) is 103 Å². The second-order valence-corrected chi connectivity index (χ2v) is 16.6. The summed E-state index contributed by atoms with van der Waals surface area (Å²) in [6.45, 7) is 13.3. The molecule has 0 fully saturated rings. The van der Waals surface area contributed by atoms with Gasteiger partial charge in [0.1, 0.15) is 5.82 Å². The Morgan fingerprint density at radius 3 is 1.76 bits per heavy atom. The van der Waals surface area contributed by atoms with E-state index >= 15 is 0 Å². The average Bonchev–Trinajstić information content (AvgIpc) is 3.76.